The summed E-state index contributed by atoms with van der Waals surface area (Å²) in [5.41, 5.74) is 0. The van der Waals surface area contributed by atoms with Crippen molar-refractivity contribution in [2.75, 3.05) is 20.3 Å². The van der Waals surface area contributed by atoms with Gasteiger partial charge in [-0.05, 0) is 19.8 Å². The van der Waals surface area contributed by atoms with Gasteiger partial charge in [-0.1, -0.05) is 0 Å². The van der Waals surface area contributed by atoms with Crippen LogP contribution < -0.4 is 0 Å². The van der Waals surface area contributed by atoms with Crippen LogP contribution in [-0.2, 0) is 14.3 Å². The first kappa shape index (κ1) is 12.4. The first-order chi connectivity index (χ1) is 6.16. The first-order valence-electron chi connectivity index (χ1n) is 4.49. The van der Waals surface area contributed by atoms with Crippen molar-refractivity contribution in [2.24, 2.45) is 0 Å². The Balaban J connectivity index is 3.11. The van der Waals surface area contributed by atoms with Crippen LogP contribution in [0.3, 0.4) is 0 Å². The number of carboxylic acid groups (broad SMARTS) is 1. The van der Waals surface area contributed by atoms with Gasteiger partial charge in [0.05, 0.1) is 12.7 Å². The molecule has 0 amide bonds. The predicted octanol–water partition coefficient (Wildman–Crippen LogP) is 1.29. The molecule has 1 atom stereocenters. The van der Waals surface area contributed by atoms with Crippen LogP contribution in [0.15, 0.2) is 0 Å². The average Bonchev–Trinajstić information content (AvgIpc) is 2.03. The molecule has 0 aliphatic rings. The summed E-state index contributed by atoms with van der Waals surface area (Å²) in [4.78, 5) is 10.1. The number of unbranched alkanes of at least 4 members (excludes halogenated alkanes) is 1. The molecule has 1 N–H and O–H groups in total. The van der Waals surface area contributed by atoms with Gasteiger partial charge in [-0.3, -0.25) is 4.79 Å². The minimum Gasteiger partial charge on any atom is -0.481 e. The van der Waals surface area contributed by atoms with Crippen LogP contribution in [0.5, 0.6) is 0 Å². The molecule has 0 fully saturated rings. The second kappa shape index (κ2) is 8.01. The van der Waals surface area contributed by atoms with Gasteiger partial charge < -0.3 is 14.6 Å². The third-order valence-electron chi connectivity index (χ3n) is 1.59. The fourth-order valence-corrected chi connectivity index (χ4v) is 0.946. The van der Waals surface area contributed by atoms with E-state index in [0.29, 0.717) is 19.6 Å². The summed E-state index contributed by atoms with van der Waals surface area (Å²) in [5, 5.41) is 8.35. The molecule has 0 aromatic heterocycles. The van der Waals surface area contributed by atoms with E-state index >= 15 is 0 Å². The van der Waals surface area contributed by atoms with Gasteiger partial charge in [0.1, 0.15) is 0 Å². The summed E-state index contributed by atoms with van der Waals surface area (Å²) in [6.45, 7) is 3.12. The monoisotopic (exact) mass is 190 g/mol. The molecule has 0 spiro atoms. The van der Waals surface area contributed by atoms with E-state index in [0.717, 1.165) is 6.42 Å². The lowest BCUT2D eigenvalue weighted by atomic mass is 10.2. The molecular weight excluding hydrogens is 172 g/mol. The van der Waals surface area contributed by atoms with Gasteiger partial charge in [0.25, 0.3) is 0 Å². The average molecular weight is 190 g/mol. The van der Waals surface area contributed by atoms with E-state index in [4.69, 9.17) is 14.6 Å². The highest BCUT2D eigenvalue weighted by Gasteiger charge is 2.01. The number of carbonyl (C=O) groups is 1. The van der Waals surface area contributed by atoms with Gasteiger partial charge in [-0.15, -0.1) is 0 Å². The van der Waals surface area contributed by atoms with Crippen molar-refractivity contribution in [2.45, 2.75) is 32.3 Å². The molecule has 0 aromatic rings. The van der Waals surface area contributed by atoms with Crippen molar-refractivity contribution in [3.63, 3.8) is 0 Å². The fraction of sp³-hybridized carbons (Fsp3) is 0.889. The lowest BCUT2D eigenvalue weighted by Crippen LogP contribution is -2.15. The molecule has 0 rings (SSSR count). The van der Waals surface area contributed by atoms with Crippen molar-refractivity contribution in [3.05, 3.63) is 0 Å². The number of aliphatic carboxylic acids is 1. The molecular formula is C9H18O4. The Morgan fingerprint density at radius 1 is 1.46 bits per heavy atom. The molecule has 0 heterocycles. The van der Waals surface area contributed by atoms with Gasteiger partial charge in [0, 0.05) is 20.1 Å². The van der Waals surface area contributed by atoms with Crippen LogP contribution in [0, 0.1) is 0 Å². The zero-order chi connectivity index (χ0) is 10.1. The van der Waals surface area contributed by atoms with E-state index in [1.54, 1.807) is 7.11 Å². The quantitative estimate of drug-likeness (QED) is 0.586. The summed E-state index contributed by atoms with van der Waals surface area (Å²) >= 11 is 0. The number of rotatable bonds is 8. The minimum atomic E-state index is -0.745. The summed E-state index contributed by atoms with van der Waals surface area (Å²) in [6, 6.07) is 0. The van der Waals surface area contributed by atoms with Gasteiger partial charge in [0.2, 0.25) is 0 Å². The Hall–Kier alpha value is -0.610. The van der Waals surface area contributed by atoms with E-state index in [-0.39, 0.29) is 12.5 Å². The molecule has 1 unspecified atom stereocenters. The van der Waals surface area contributed by atoms with Gasteiger partial charge >= 0.3 is 5.97 Å². The molecule has 0 saturated heterocycles. The summed E-state index contributed by atoms with van der Waals surface area (Å²) < 4.78 is 10.2. The Bertz CT molecular complexity index is 136. The van der Waals surface area contributed by atoms with Crippen molar-refractivity contribution in [3.8, 4) is 0 Å². The lowest BCUT2D eigenvalue weighted by molar-refractivity contribution is -0.137. The smallest absolute Gasteiger partial charge is 0.303 e. The van der Waals surface area contributed by atoms with Crippen LogP contribution in [0.1, 0.15) is 26.2 Å². The highest BCUT2D eigenvalue weighted by molar-refractivity contribution is 5.66. The van der Waals surface area contributed by atoms with Crippen LogP contribution >= 0.6 is 0 Å². The molecule has 0 radical (unpaired) electrons. The van der Waals surface area contributed by atoms with Crippen molar-refractivity contribution < 1.29 is 19.4 Å². The Morgan fingerprint density at radius 2 is 2.15 bits per heavy atom. The van der Waals surface area contributed by atoms with Crippen LogP contribution in [0.25, 0.3) is 0 Å². The largest absolute Gasteiger partial charge is 0.481 e. The molecule has 0 aliphatic heterocycles. The highest BCUT2D eigenvalue weighted by Crippen LogP contribution is 1.98. The molecule has 4 heteroatoms. The van der Waals surface area contributed by atoms with Crippen molar-refractivity contribution >= 4 is 5.97 Å². The van der Waals surface area contributed by atoms with E-state index in [1.807, 2.05) is 6.92 Å². The second-order valence-corrected chi connectivity index (χ2v) is 2.99. The third kappa shape index (κ3) is 9.30. The molecule has 0 bridgehead atoms. The topological polar surface area (TPSA) is 55.8 Å². The molecule has 0 saturated carbocycles. The minimum absolute atomic E-state index is 0.0924. The standard InChI is InChI=1S/C9H18O4/c1-8(7-12-2)13-6-4-3-5-9(10)11/h8H,3-7H2,1-2H3,(H,10,11). The highest BCUT2D eigenvalue weighted by atomic mass is 16.5. The Labute approximate surface area is 78.8 Å². The van der Waals surface area contributed by atoms with E-state index in [1.165, 1.54) is 0 Å². The maximum atomic E-state index is 10.1. The summed E-state index contributed by atoms with van der Waals surface area (Å²) in [7, 11) is 1.63. The molecule has 13 heavy (non-hydrogen) atoms. The maximum absolute atomic E-state index is 10.1. The van der Waals surface area contributed by atoms with E-state index in [9.17, 15) is 4.79 Å². The van der Waals surface area contributed by atoms with Gasteiger partial charge in [0.15, 0.2) is 0 Å². The molecule has 78 valence electrons. The molecule has 4 nitrogen and oxygen atoms in total. The number of hydrogen-bond donors (Lipinski definition) is 1. The molecule has 0 aliphatic carbocycles. The van der Waals surface area contributed by atoms with Crippen LogP contribution in [0.4, 0.5) is 0 Å². The van der Waals surface area contributed by atoms with Gasteiger partial charge in [-0.25, -0.2) is 0 Å². The zero-order valence-corrected chi connectivity index (χ0v) is 8.28. The Kier molecular flexibility index (Phi) is 7.63. The summed E-state index contributed by atoms with van der Waals surface area (Å²) in [6.07, 6.45) is 1.78. The summed E-state index contributed by atoms with van der Waals surface area (Å²) in [5.74, 6) is -0.745. The second-order valence-electron chi connectivity index (χ2n) is 2.99. The SMILES string of the molecule is COCC(C)OCCCCC(=O)O. The fourth-order valence-electron chi connectivity index (χ4n) is 0.946. The lowest BCUT2D eigenvalue weighted by Gasteiger charge is -2.10. The number of ether oxygens (including phenoxy) is 2. The van der Waals surface area contributed by atoms with Crippen LogP contribution in [-0.4, -0.2) is 37.5 Å². The van der Waals surface area contributed by atoms with Crippen molar-refractivity contribution in [1.82, 2.24) is 0 Å². The number of carboxylic acids is 1. The normalized spacial score (nSPS) is 12.8. The zero-order valence-electron chi connectivity index (χ0n) is 8.28. The third-order valence-corrected chi connectivity index (χ3v) is 1.59. The van der Waals surface area contributed by atoms with Crippen molar-refractivity contribution in [1.29, 1.82) is 0 Å². The number of hydrogen-bond acceptors (Lipinski definition) is 3. The Morgan fingerprint density at radius 3 is 2.69 bits per heavy atom. The number of methoxy groups -OCH3 is 1. The van der Waals surface area contributed by atoms with Gasteiger partial charge in [-0.2, -0.15) is 0 Å². The predicted molar refractivity (Wildman–Crippen MR) is 48.8 cm³/mol. The van der Waals surface area contributed by atoms with Crippen LogP contribution in [0.2, 0.25) is 0 Å². The maximum Gasteiger partial charge on any atom is 0.303 e. The van der Waals surface area contributed by atoms with E-state index in [2.05, 4.69) is 0 Å². The first-order valence-corrected chi connectivity index (χ1v) is 4.49. The van der Waals surface area contributed by atoms with E-state index < -0.39 is 5.97 Å². The molecule has 0 aromatic carbocycles.